The molecule has 2 rings (SSSR count). The molecule has 4 nitrogen and oxygen atoms in total. The Kier molecular flexibility index (Phi) is 5.68. The average molecular weight is 421 g/mol. The molecule has 0 bridgehead atoms. The van der Waals surface area contributed by atoms with E-state index in [0.29, 0.717) is 12.3 Å². The van der Waals surface area contributed by atoms with Gasteiger partial charge in [0.1, 0.15) is 5.75 Å². The molecular weight excluding hydrogens is 402 g/mol. The second kappa shape index (κ2) is 7.11. The van der Waals surface area contributed by atoms with Crippen LogP contribution in [-0.4, -0.2) is 41.7 Å². The second-order valence-corrected chi connectivity index (χ2v) is 7.31. The molecule has 0 radical (unpaired) electrons. The molecule has 0 heterocycles. The van der Waals surface area contributed by atoms with Crippen LogP contribution in [-0.2, 0) is 4.79 Å². The van der Waals surface area contributed by atoms with Gasteiger partial charge in [0.25, 0.3) is 5.91 Å². The molecule has 0 spiro atoms. The van der Waals surface area contributed by atoms with Crippen LogP contribution in [0.1, 0.15) is 25.7 Å². The number of hydrogen-bond donors (Lipinski definition) is 1. The molecule has 0 aliphatic heterocycles. The smallest absolute Gasteiger partial charge is 0.260 e. The van der Waals surface area contributed by atoms with Gasteiger partial charge in [0, 0.05) is 18.1 Å². The summed E-state index contributed by atoms with van der Waals surface area (Å²) in [6.45, 7) is 0.337. The zero-order chi connectivity index (χ0) is 15.5. The van der Waals surface area contributed by atoms with Gasteiger partial charge in [-0.1, -0.05) is 28.8 Å². The third-order valence-electron chi connectivity index (χ3n) is 3.74. The summed E-state index contributed by atoms with van der Waals surface area (Å²) in [5.41, 5.74) is -0.720. The van der Waals surface area contributed by atoms with E-state index in [1.807, 2.05) is 12.1 Å². The van der Waals surface area contributed by atoms with Gasteiger partial charge in [-0.25, -0.2) is 0 Å². The van der Waals surface area contributed by atoms with Gasteiger partial charge in [0.05, 0.1) is 10.1 Å². The molecule has 1 fully saturated rings. The third kappa shape index (κ3) is 4.69. The van der Waals surface area contributed by atoms with Gasteiger partial charge in [-0.05, 0) is 47.0 Å². The maximum atomic E-state index is 12.1. The normalized spacial score (nSPS) is 16.8. The number of nitrogens with zero attached hydrogens (tertiary/aromatic N) is 1. The van der Waals surface area contributed by atoms with Gasteiger partial charge >= 0.3 is 0 Å². The number of likely N-dealkylation sites (N-methyl/N-ethyl adjacent to an activating group) is 1. The third-order valence-corrected chi connectivity index (χ3v) is 4.85. The first-order valence-corrected chi connectivity index (χ1v) is 8.52. The van der Waals surface area contributed by atoms with E-state index >= 15 is 0 Å². The number of amides is 1. The first-order valence-electron chi connectivity index (χ1n) is 6.94. The van der Waals surface area contributed by atoms with Crippen molar-refractivity contribution in [3.05, 3.63) is 27.1 Å². The number of aliphatic hydroxyl groups is 1. The number of ether oxygens (including phenoxy) is 1. The minimum atomic E-state index is -0.720. The molecule has 1 aromatic rings. The summed E-state index contributed by atoms with van der Waals surface area (Å²) in [6.07, 6.45) is 3.59. The fourth-order valence-electron chi connectivity index (χ4n) is 2.56. The van der Waals surface area contributed by atoms with Gasteiger partial charge in [-0.3, -0.25) is 4.79 Å². The molecule has 1 saturated carbocycles. The SMILES string of the molecule is CN(CC1(O)CCCC1)C(=O)COc1ccc(Br)cc1Br. The highest BCUT2D eigenvalue weighted by molar-refractivity contribution is 9.11. The molecule has 1 amide bonds. The lowest BCUT2D eigenvalue weighted by atomic mass is 10.0. The number of carbonyl (C=O) groups excluding carboxylic acids is 1. The van der Waals surface area contributed by atoms with Crippen molar-refractivity contribution >= 4 is 37.8 Å². The van der Waals surface area contributed by atoms with Crippen molar-refractivity contribution in [3.63, 3.8) is 0 Å². The first kappa shape index (κ1) is 16.8. The van der Waals surface area contributed by atoms with Gasteiger partial charge < -0.3 is 14.7 Å². The van der Waals surface area contributed by atoms with E-state index in [9.17, 15) is 9.90 Å². The van der Waals surface area contributed by atoms with Crippen molar-refractivity contribution in [2.24, 2.45) is 0 Å². The molecular formula is C15H19Br2NO3. The van der Waals surface area contributed by atoms with Crippen LogP contribution in [0.4, 0.5) is 0 Å². The van der Waals surface area contributed by atoms with Crippen molar-refractivity contribution in [1.29, 1.82) is 0 Å². The van der Waals surface area contributed by atoms with Gasteiger partial charge in [0.2, 0.25) is 0 Å². The van der Waals surface area contributed by atoms with Crippen molar-refractivity contribution in [1.82, 2.24) is 4.90 Å². The zero-order valence-corrected chi connectivity index (χ0v) is 15.1. The summed E-state index contributed by atoms with van der Waals surface area (Å²) in [6, 6.07) is 5.52. The Morgan fingerprint density at radius 1 is 1.38 bits per heavy atom. The summed E-state index contributed by atoms with van der Waals surface area (Å²) < 4.78 is 7.26. The first-order chi connectivity index (χ1) is 9.89. The lowest BCUT2D eigenvalue weighted by molar-refractivity contribution is -0.135. The standard InChI is InChI=1S/C15H19Br2NO3/c1-18(10-15(20)6-2-3-7-15)14(19)9-21-13-5-4-11(16)8-12(13)17/h4-5,8,20H,2-3,6-7,9-10H2,1H3. The van der Waals surface area contributed by atoms with E-state index in [-0.39, 0.29) is 12.5 Å². The quantitative estimate of drug-likeness (QED) is 0.794. The Morgan fingerprint density at radius 2 is 2.05 bits per heavy atom. The zero-order valence-electron chi connectivity index (χ0n) is 11.9. The molecule has 116 valence electrons. The van der Waals surface area contributed by atoms with Crippen molar-refractivity contribution in [2.75, 3.05) is 20.2 Å². The van der Waals surface area contributed by atoms with Crippen molar-refractivity contribution in [3.8, 4) is 5.75 Å². The van der Waals surface area contributed by atoms with E-state index in [1.54, 1.807) is 18.0 Å². The van der Waals surface area contributed by atoms with E-state index < -0.39 is 5.60 Å². The maximum Gasteiger partial charge on any atom is 0.260 e. The number of benzene rings is 1. The summed E-state index contributed by atoms with van der Waals surface area (Å²) >= 11 is 6.76. The number of hydrogen-bond acceptors (Lipinski definition) is 3. The Morgan fingerprint density at radius 3 is 2.67 bits per heavy atom. The number of halogens is 2. The van der Waals surface area contributed by atoms with Crippen LogP contribution in [0.3, 0.4) is 0 Å². The van der Waals surface area contributed by atoms with E-state index in [2.05, 4.69) is 31.9 Å². The minimum Gasteiger partial charge on any atom is -0.483 e. The van der Waals surface area contributed by atoms with E-state index in [1.165, 1.54) is 0 Å². The largest absolute Gasteiger partial charge is 0.483 e. The van der Waals surface area contributed by atoms with Crippen LogP contribution < -0.4 is 4.74 Å². The number of carbonyl (C=O) groups is 1. The molecule has 0 saturated heterocycles. The molecule has 1 aromatic carbocycles. The Labute approximate surface area is 141 Å². The van der Waals surface area contributed by atoms with Gasteiger partial charge in [-0.15, -0.1) is 0 Å². The van der Waals surface area contributed by atoms with Crippen LogP contribution in [0.2, 0.25) is 0 Å². The molecule has 0 atom stereocenters. The topological polar surface area (TPSA) is 49.8 Å². The Balaban J connectivity index is 1.86. The molecule has 6 heteroatoms. The van der Waals surface area contributed by atoms with E-state index in [0.717, 1.165) is 34.6 Å². The predicted octanol–water partition coefficient (Wildman–Crippen LogP) is 3.35. The summed E-state index contributed by atoms with van der Waals surface area (Å²) in [5.74, 6) is 0.490. The predicted molar refractivity (Wildman–Crippen MR) is 88.4 cm³/mol. The molecule has 21 heavy (non-hydrogen) atoms. The summed E-state index contributed by atoms with van der Waals surface area (Å²) in [5, 5.41) is 10.3. The lowest BCUT2D eigenvalue weighted by Gasteiger charge is -2.28. The highest BCUT2D eigenvalue weighted by Gasteiger charge is 2.33. The fourth-order valence-corrected chi connectivity index (χ4v) is 3.72. The van der Waals surface area contributed by atoms with Crippen LogP contribution >= 0.6 is 31.9 Å². The second-order valence-electron chi connectivity index (χ2n) is 5.54. The Hall–Kier alpha value is -0.590. The fraction of sp³-hybridized carbons (Fsp3) is 0.533. The van der Waals surface area contributed by atoms with Crippen molar-refractivity contribution in [2.45, 2.75) is 31.3 Å². The molecule has 1 aliphatic carbocycles. The molecule has 1 aliphatic rings. The van der Waals surface area contributed by atoms with E-state index in [4.69, 9.17) is 4.74 Å². The van der Waals surface area contributed by atoms with Crippen LogP contribution in [0.25, 0.3) is 0 Å². The summed E-state index contributed by atoms with van der Waals surface area (Å²) in [4.78, 5) is 13.6. The number of rotatable bonds is 5. The molecule has 0 aromatic heterocycles. The van der Waals surface area contributed by atoms with Gasteiger partial charge in [0.15, 0.2) is 6.61 Å². The highest BCUT2D eigenvalue weighted by Crippen LogP contribution is 2.30. The van der Waals surface area contributed by atoms with Gasteiger partial charge in [-0.2, -0.15) is 0 Å². The lowest BCUT2D eigenvalue weighted by Crippen LogP contribution is -2.43. The monoisotopic (exact) mass is 419 g/mol. The van der Waals surface area contributed by atoms with Crippen LogP contribution in [0, 0.1) is 0 Å². The van der Waals surface area contributed by atoms with Crippen molar-refractivity contribution < 1.29 is 14.6 Å². The molecule has 1 N–H and O–H groups in total. The van der Waals surface area contributed by atoms with Crippen LogP contribution in [0.15, 0.2) is 27.1 Å². The molecule has 0 unspecified atom stereocenters. The van der Waals surface area contributed by atoms with Crippen LogP contribution in [0.5, 0.6) is 5.75 Å². The highest BCUT2D eigenvalue weighted by atomic mass is 79.9. The average Bonchev–Trinajstić information content (AvgIpc) is 2.83. The minimum absolute atomic E-state index is 0.0349. The Bertz CT molecular complexity index is 516. The maximum absolute atomic E-state index is 12.1. The summed E-state index contributed by atoms with van der Waals surface area (Å²) in [7, 11) is 1.71.